The minimum Gasteiger partial charge on any atom is -0.0689 e. The average molecular weight is 333 g/mol. The summed E-state index contributed by atoms with van der Waals surface area (Å²) in [7, 11) is 0. The smallest absolute Gasteiger partial charge is 0.00640 e. The molecule has 2 aromatic rings. The van der Waals surface area contributed by atoms with Crippen LogP contribution in [0.2, 0.25) is 0 Å². The molecule has 0 aromatic heterocycles. The first-order valence-electron chi connectivity index (χ1n) is 9.41. The summed E-state index contributed by atoms with van der Waals surface area (Å²) in [6, 6.07) is 15.7. The molecule has 0 amide bonds. The van der Waals surface area contributed by atoms with E-state index in [0.29, 0.717) is 5.92 Å². The molecular weight excluding hydrogens is 300 g/mol. The van der Waals surface area contributed by atoms with Gasteiger partial charge in [-0.25, -0.2) is 0 Å². The Bertz CT molecular complexity index is 757. The van der Waals surface area contributed by atoms with E-state index in [0.717, 1.165) is 6.42 Å². The lowest BCUT2D eigenvalue weighted by Gasteiger charge is -2.13. The van der Waals surface area contributed by atoms with Crippen LogP contribution in [0.15, 0.2) is 60.2 Å². The summed E-state index contributed by atoms with van der Waals surface area (Å²) < 4.78 is 0. The molecule has 1 unspecified atom stereocenters. The monoisotopic (exact) mass is 332 g/mol. The van der Waals surface area contributed by atoms with Crippen molar-refractivity contribution in [2.75, 3.05) is 0 Å². The zero-order chi connectivity index (χ0) is 18.4. The molecule has 2 aromatic carbocycles. The van der Waals surface area contributed by atoms with Gasteiger partial charge in [-0.2, -0.15) is 0 Å². The summed E-state index contributed by atoms with van der Waals surface area (Å²) in [4.78, 5) is 0. The van der Waals surface area contributed by atoms with E-state index in [2.05, 4.69) is 96.2 Å². The van der Waals surface area contributed by atoms with Crippen molar-refractivity contribution in [3.8, 4) is 0 Å². The van der Waals surface area contributed by atoms with Gasteiger partial charge in [-0.15, -0.1) is 0 Å². The minimum absolute atomic E-state index is 0.632. The number of allylic oxidation sites excluding steroid dienone is 4. The Morgan fingerprint density at radius 1 is 0.960 bits per heavy atom. The van der Waals surface area contributed by atoms with Crippen LogP contribution in [-0.2, 0) is 6.42 Å². The van der Waals surface area contributed by atoms with Crippen molar-refractivity contribution in [2.24, 2.45) is 0 Å². The van der Waals surface area contributed by atoms with Gasteiger partial charge >= 0.3 is 0 Å². The second-order valence-electron chi connectivity index (χ2n) is 7.40. The van der Waals surface area contributed by atoms with Crippen LogP contribution in [0.1, 0.15) is 67.9 Å². The van der Waals surface area contributed by atoms with Gasteiger partial charge in [0.1, 0.15) is 0 Å². The molecule has 0 aliphatic heterocycles. The molecule has 0 bridgehead atoms. The van der Waals surface area contributed by atoms with Crippen molar-refractivity contribution in [2.45, 2.75) is 60.3 Å². The summed E-state index contributed by atoms with van der Waals surface area (Å²) >= 11 is 0. The number of hydrogen-bond donors (Lipinski definition) is 0. The Balaban J connectivity index is 2.15. The van der Waals surface area contributed by atoms with E-state index in [1.54, 1.807) is 0 Å². The Labute approximate surface area is 154 Å². The summed E-state index contributed by atoms with van der Waals surface area (Å²) in [5.41, 5.74) is 9.61. The van der Waals surface area contributed by atoms with E-state index < -0.39 is 0 Å². The third-order valence-corrected chi connectivity index (χ3v) is 5.15. The number of aryl methyl sites for hydroxylation is 2. The van der Waals surface area contributed by atoms with E-state index >= 15 is 0 Å². The average Bonchev–Trinajstić information content (AvgIpc) is 2.61. The van der Waals surface area contributed by atoms with Gasteiger partial charge in [0, 0.05) is 0 Å². The molecule has 0 fully saturated rings. The zero-order valence-electron chi connectivity index (χ0n) is 16.7. The van der Waals surface area contributed by atoms with Crippen molar-refractivity contribution >= 4 is 5.57 Å². The van der Waals surface area contributed by atoms with Crippen LogP contribution >= 0.6 is 0 Å². The SMILES string of the molecule is CCC(C)c1ccc(C)c(C/C(C)=C/C=C(\C)c2ccc(C)cc2)c1. The summed E-state index contributed by atoms with van der Waals surface area (Å²) in [6.07, 6.45) is 6.72. The quantitative estimate of drug-likeness (QED) is 0.483. The minimum atomic E-state index is 0.632. The molecule has 0 aliphatic rings. The first-order valence-corrected chi connectivity index (χ1v) is 9.41. The normalized spacial score (nSPS) is 13.8. The van der Waals surface area contributed by atoms with Crippen molar-refractivity contribution in [1.29, 1.82) is 0 Å². The topological polar surface area (TPSA) is 0 Å². The van der Waals surface area contributed by atoms with Crippen LogP contribution in [0.4, 0.5) is 0 Å². The van der Waals surface area contributed by atoms with Crippen molar-refractivity contribution < 1.29 is 0 Å². The maximum atomic E-state index is 2.40. The highest BCUT2D eigenvalue weighted by Gasteiger charge is 2.06. The second-order valence-corrected chi connectivity index (χ2v) is 7.40. The Kier molecular flexibility index (Phi) is 6.82. The lowest BCUT2D eigenvalue weighted by molar-refractivity contribution is 0.732. The van der Waals surface area contributed by atoms with Crippen molar-refractivity contribution in [1.82, 2.24) is 0 Å². The van der Waals surface area contributed by atoms with Gasteiger partial charge < -0.3 is 0 Å². The van der Waals surface area contributed by atoms with Crippen molar-refractivity contribution in [3.63, 3.8) is 0 Å². The molecule has 132 valence electrons. The maximum Gasteiger partial charge on any atom is -0.00640 e. The fourth-order valence-corrected chi connectivity index (χ4v) is 2.96. The zero-order valence-corrected chi connectivity index (χ0v) is 16.7. The highest BCUT2D eigenvalue weighted by atomic mass is 14.1. The molecule has 2 rings (SSSR count). The highest BCUT2D eigenvalue weighted by Crippen LogP contribution is 2.23. The van der Waals surface area contributed by atoms with Crippen LogP contribution in [0.25, 0.3) is 5.57 Å². The molecule has 0 radical (unpaired) electrons. The molecular formula is C25H32. The Hall–Kier alpha value is -2.08. The van der Waals surface area contributed by atoms with Gasteiger partial charge in [-0.1, -0.05) is 79.6 Å². The van der Waals surface area contributed by atoms with Gasteiger partial charge in [0.25, 0.3) is 0 Å². The summed E-state index contributed by atoms with van der Waals surface area (Å²) in [5.74, 6) is 0.632. The molecule has 0 spiro atoms. The van der Waals surface area contributed by atoms with E-state index in [4.69, 9.17) is 0 Å². The van der Waals surface area contributed by atoms with Gasteiger partial charge in [-0.05, 0) is 74.3 Å². The van der Waals surface area contributed by atoms with E-state index in [1.165, 1.54) is 45.4 Å². The lowest BCUT2D eigenvalue weighted by atomic mass is 9.92. The largest absolute Gasteiger partial charge is 0.0689 e. The predicted octanol–water partition coefficient (Wildman–Crippen LogP) is 7.41. The van der Waals surface area contributed by atoms with E-state index in [1.807, 2.05) is 0 Å². The van der Waals surface area contributed by atoms with E-state index in [9.17, 15) is 0 Å². The summed E-state index contributed by atoms with van der Waals surface area (Å²) in [5, 5.41) is 0. The second kappa shape index (κ2) is 8.85. The van der Waals surface area contributed by atoms with Crippen LogP contribution in [0, 0.1) is 13.8 Å². The van der Waals surface area contributed by atoms with Gasteiger partial charge in [0.15, 0.2) is 0 Å². The van der Waals surface area contributed by atoms with Gasteiger partial charge in [0.2, 0.25) is 0 Å². The lowest BCUT2D eigenvalue weighted by Crippen LogP contribution is -1.97. The molecule has 1 atom stereocenters. The molecule has 0 heteroatoms. The first kappa shape index (κ1) is 19.2. The number of benzene rings is 2. The molecule has 0 saturated carbocycles. The predicted molar refractivity (Wildman–Crippen MR) is 112 cm³/mol. The molecule has 0 nitrogen and oxygen atoms in total. The maximum absolute atomic E-state index is 2.40. The number of rotatable bonds is 6. The van der Waals surface area contributed by atoms with Crippen LogP contribution in [0.3, 0.4) is 0 Å². The standard InChI is InChI=1S/C25H32/c1-7-20(4)24-15-12-22(6)25(17-24)16-19(3)8-11-21(5)23-13-9-18(2)10-14-23/h8-15,17,20H,7,16H2,1-6H3/b19-8+,21-11+. The molecule has 0 N–H and O–H groups in total. The number of hydrogen-bond acceptors (Lipinski definition) is 0. The van der Waals surface area contributed by atoms with Gasteiger partial charge in [-0.3, -0.25) is 0 Å². The molecule has 0 aliphatic carbocycles. The fourth-order valence-electron chi connectivity index (χ4n) is 2.96. The Morgan fingerprint density at radius 3 is 2.28 bits per heavy atom. The fraction of sp³-hybridized carbons (Fsp3) is 0.360. The van der Waals surface area contributed by atoms with Crippen LogP contribution in [-0.4, -0.2) is 0 Å². The van der Waals surface area contributed by atoms with Crippen molar-refractivity contribution in [3.05, 3.63) is 88.0 Å². The van der Waals surface area contributed by atoms with Crippen LogP contribution < -0.4 is 0 Å². The third-order valence-electron chi connectivity index (χ3n) is 5.15. The molecule has 25 heavy (non-hydrogen) atoms. The third kappa shape index (κ3) is 5.46. The molecule has 0 saturated heterocycles. The molecule has 0 heterocycles. The van der Waals surface area contributed by atoms with E-state index in [-0.39, 0.29) is 0 Å². The summed E-state index contributed by atoms with van der Waals surface area (Å²) in [6.45, 7) is 13.3. The van der Waals surface area contributed by atoms with Crippen LogP contribution in [0.5, 0.6) is 0 Å². The first-order chi connectivity index (χ1) is 11.9. The Morgan fingerprint density at radius 2 is 1.64 bits per heavy atom. The van der Waals surface area contributed by atoms with Gasteiger partial charge in [0.05, 0.1) is 0 Å². The highest BCUT2D eigenvalue weighted by molar-refractivity contribution is 5.65.